The average molecular weight is 355 g/mol. The highest BCUT2D eigenvalue weighted by Crippen LogP contribution is 2.26. The first kappa shape index (κ1) is 17.7. The summed E-state index contributed by atoms with van der Waals surface area (Å²) >= 11 is 0. The zero-order chi connectivity index (χ0) is 17.6. The largest absolute Gasteiger partial charge is 0.381 e. The van der Waals surface area contributed by atoms with E-state index in [1.807, 2.05) is 18.5 Å². The van der Waals surface area contributed by atoms with Crippen LogP contribution in [0.3, 0.4) is 0 Å². The van der Waals surface area contributed by atoms with E-state index in [9.17, 15) is 0 Å². The molecule has 0 spiro atoms. The van der Waals surface area contributed by atoms with Gasteiger partial charge in [-0.3, -0.25) is 9.88 Å². The summed E-state index contributed by atoms with van der Waals surface area (Å²) < 4.78 is 13.9. The van der Waals surface area contributed by atoms with Crippen molar-refractivity contribution < 1.29 is 9.47 Å². The predicted octanol–water partition coefficient (Wildman–Crippen LogP) is 3.27. The fourth-order valence-electron chi connectivity index (χ4n) is 4.08. The van der Waals surface area contributed by atoms with Crippen LogP contribution in [0.15, 0.2) is 42.9 Å². The number of nitrogens with zero attached hydrogens (tertiary/aromatic N) is 3. The lowest BCUT2D eigenvalue weighted by atomic mass is 10.0. The van der Waals surface area contributed by atoms with Crippen molar-refractivity contribution in [2.75, 3.05) is 33.0 Å². The number of aromatic nitrogens is 2. The number of fused-ring (bicyclic) bond motifs is 1. The van der Waals surface area contributed by atoms with E-state index in [0.29, 0.717) is 12.0 Å². The van der Waals surface area contributed by atoms with E-state index in [4.69, 9.17) is 9.47 Å². The van der Waals surface area contributed by atoms with Gasteiger partial charge in [0.05, 0.1) is 0 Å². The molecule has 26 heavy (non-hydrogen) atoms. The molecule has 2 aromatic rings. The third-order valence-corrected chi connectivity index (χ3v) is 5.53. The molecule has 0 N–H and O–H groups in total. The topological polar surface area (TPSA) is 39.5 Å². The lowest BCUT2D eigenvalue weighted by Crippen LogP contribution is -2.37. The Kier molecular flexibility index (Phi) is 5.99. The van der Waals surface area contributed by atoms with Crippen LogP contribution < -0.4 is 0 Å². The van der Waals surface area contributed by atoms with Crippen molar-refractivity contribution in [3.63, 3.8) is 0 Å². The van der Waals surface area contributed by atoms with Gasteiger partial charge in [-0.2, -0.15) is 0 Å². The maximum absolute atomic E-state index is 6.02. The molecule has 140 valence electrons. The summed E-state index contributed by atoms with van der Waals surface area (Å²) in [4.78, 5) is 6.77. The van der Waals surface area contributed by atoms with E-state index in [-0.39, 0.29) is 0 Å². The zero-order valence-corrected chi connectivity index (χ0v) is 15.4. The summed E-state index contributed by atoms with van der Waals surface area (Å²) in [5.74, 6) is 0.680. The molecule has 4 rings (SSSR count). The van der Waals surface area contributed by atoms with Gasteiger partial charge in [-0.25, -0.2) is 0 Å². The van der Waals surface area contributed by atoms with Crippen molar-refractivity contribution in [1.82, 2.24) is 14.5 Å². The molecule has 5 heteroatoms. The van der Waals surface area contributed by atoms with Gasteiger partial charge in [-0.15, -0.1) is 0 Å². The summed E-state index contributed by atoms with van der Waals surface area (Å²) in [5, 5.41) is 0. The standard InChI is InChI=1S/C21H29N3O2/c1-3-19(13-22-8-1)14-23-15-20-4-2-9-24(20)21(16-23)7-12-26-17-18-5-10-25-11-6-18/h1-4,8-9,13,18,21H,5-7,10-12,14-17H2. The highest BCUT2D eigenvalue weighted by atomic mass is 16.5. The summed E-state index contributed by atoms with van der Waals surface area (Å²) in [6.07, 6.45) is 9.38. The number of pyridine rings is 1. The summed E-state index contributed by atoms with van der Waals surface area (Å²) in [5.41, 5.74) is 2.68. The van der Waals surface area contributed by atoms with Crippen LogP contribution in [0.5, 0.6) is 0 Å². The number of hydrogen-bond acceptors (Lipinski definition) is 4. The highest BCUT2D eigenvalue weighted by Gasteiger charge is 2.24. The van der Waals surface area contributed by atoms with Crippen LogP contribution in [0, 0.1) is 5.92 Å². The van der Waals surface area contributed by atoms with Crippen molar-refractivity contribution in [3.05, 3.63) is 54.1 Å². The van der Waals surface area contributed by atoms with Gasteiger partial charge < -0.3 is 14.0 Å². The first-order chi connectivity index (χ1) is 12.9. The first-order valence-electron chi connectivity index (χ1n) is 9.81. The summed E-state index contributed by atoms with van der Waals surface area (Å²) in [7, 11) is 0. The van der Waals surface area contributed by atoms with Crippen LogP contribution >= 0.6 is 0 Å². The Hall–Kier alpha value is -1.69. The van der Waals surface area contributed by atoms with E-state index in [0.717, 1.165) is 65.3 Å². The molecule has 1 fully saturated rings. The minimum absolute atomic E-state index is 0.486. The Morgan fingerprint density at radius 3 is 2.96 bits per heavy atom. The van der Waals surface area contributed by atoms with Crippen molar-refractivity contribution in [2.24, 2.45) is 5.92 Å². The van der Waals surface area contributed by atoms with Crippen LogP contribution in [0.4, 0.5) is 0 Å². The van der Waals surface area contributed by atoms with Gasteiger partial charge in [0.2, 0.25) is 0 Å². The molecular weight excluding hydrogens is 326 g/mol. The van der Waals surface area contributed by atoms with Gasteiger partial charge >= 0.3 is 0 Å². The zero-order valence-electron chi connectivity index (χ0n) is 15.4. The fraction of sp³-hybridized carbons (Fsp3) is 0.571. The Morgan fingerprint density at radius 2 is 2.12 bits per heavy atom. The number of rotatable bonds is 7. The second kappa shape index (κ2) is 8.80. The highest BCUT2D eigenvalue weighted by molar-refractivity contribution is 5.13. The van der Waals surface area contributed by atoms with E-state index < -0.39 is 0 Å². The lowest BCUT2D eigenvalue weighted by molar-refractivity contribution is 0.0160. The molecule has 0 aromatic carbocycles. The second-order valence-corrected chi connectivity index (χ2v) is 7.51. The number of hydrogen-bond donors (Lipinski definition) is 0. The molecule has 1 unspecified atom stereocenters. The summed E-state index contributed by atoms with van der Waals surface area (Å²) in [6, 6.07) is 9.07. The van der Waals surface area contributed by atoms with Crippen LogP contribution in [0.2, 0.25) is 0 Å². The Morgan fingerprint density at radius 1 is 1.19 bits per heavy atom. The molecule has 0 bridgehead atoms. The van der Waals surface area contributed by atoms with Gasteiger partial charge in [-0.05, 0) is 48.9 Å². The summed E-state index contributed by atoms with van der Waals surface area (Å²) in [6.45, 7) is 6.53. The minimum atomic E-state index is 0.486. The normalized spacial score (nSPS) is 21.6. The maximum atomic E-state index is 6.02. The Balaban J connectivity index is 1.30. The molecule has 0 aliphatic carbocycles. The molecule has 4 heterocycles. The molecule has 1 saturated heterocycles. The third kappa shape index (κ3) is 4.53. The molecule has 0 amide bonds. The van der Waals surface area contributed by atoms with Gasteiger partial charge in [0.15, 0.2) is 0 Å². The van der Waals surface area contributed by atoms with Gasteiger partial charge in [0, 0.05) is 76.4 Å². The molecule has 2 aromatic heterocycles. The predicted molar refractivity (Wildman–Crippen MR) is 101 cm³/mol. The second-order valence-electron chi connectivity index (χ2n) is 7.51. The van der Waals surface area contributed by atoms with Crippen molar-refractivity contribution in [3.8, 4) is 0 Å². The van der Waals surface area contributed by atoms with E-state index in [1.54, 1.807) is 0 Å². The quantitative estimate of drug-likeness (QED) is 0.715. The van der Waals surface area contributed by atoms with Crippen LogP contribution in [-0.4, -0.2) is 47.4 Å². The minimum Gasteiger partial charge on any atom is -0.381 e. The molecule has 1 atom stereocenters. The smallest absolute Gasteiger partial charge is 0.0495 e. The van der Waals surface area contributed by atoms with Crippen molar-refractivity contribution in [2.45, 2.75) is 38.4 Å². The van der Waals surface area contributed by atoms with Crippen molar-refractivity contribution in [1.29, 1.82) is 0 Å². The van der Waals surface area contributed by atoms with Gasteiger partial charge in [0.1, 0.15) is 0 Å². The molecule has 5 nitrogen and oxygen atoms in total. The van der Waals surface area contributed by atoms with E-state index in [2.05, 4.69) is 38.8 Å². The Labute approximate surface area is 155 Å². The molecular formula is C21H29N3O2. The molecule has 2 aliphatic heterocycles. The monoisotopic (exact) mass is 355 g/mol. The Bertz CT molecular complexity index is 667. The molecule has 2 aliphatic rings. The van der Waals surface area contributed by atoms with E-state index >= 15 is 0 Å². The van der Waals surface area contributed by atoms with E-state index in [1.165, 1.54) is 11.3 Å². The SMILES string of the molecule is c1cncc(CN2Cc3cccn3C(CCOCC3CCOCC3)C2)c1. The van der Waals surface area contributed by atoms with Crippen LogP contribution in [0.1, 0.15) is 36.6 Å². The van der Waals surface area contributed by atoms with Crippen LogP contribution in [-0.2, 0) is 22.6 Å². The van der Waals surface area contributed by atoms with Gasteiger partial charge in [0.25, 0.3) is 0 Å². The first-order valence-corrected chi connectivity index (χ1v) is 9.81. The molecule has 0 saturated carbocycles. The third-order valence-electron chi connectivity index (χ3n) is 5.53. The fourth-order valence-corrected chi connectivity index (χ4v) is 4.08. The molecule has 0 radical (unpaired) electrons. The average Bonchev–Trinajstić information content (AvgIpc) is 3.15. The van der Waals surface area contributed by atoms with Crippen LogP contribution in [0.25, 0.3) is 0 Å². The van der Waals surface area contributed by atoms with Crippen molar-refractivity contribution >= 4 is 0 Å². The number of ether oxygens (including phenoxy) is 2. The van der Waals surface area contributed by atoms with Gasteiger partial charge in [-0.1, -0.05) is 6.07 Å². The maximum Gasteiger partial charge on any atom is 0.0495 e. The lowest BCUT2D eigenvalue weighted by Gasteiger charge is -2.35.